The number of halogens is 1. The van der Waals surface area contributed by atoms with Crippen molar-refractivity contribution in [3.8, 4) is 0 Å². The first-order valence-electron chi connectivity index (χ1n) is 3.70. The van der Waals surface area contributed by atoms with Crippen LogP contribution in [0.2, 0.25) is 0 Å². The van der Waals surface area contributed by atoms with Crippen LogP contribution in [-0.2, 0) is 0 Å². The molecule has 0 saturated carbocycles. The Morgan fingerprint density at radius 3 is 3.00 bits per heavy atom. The lowest BCUT2D eigenvalue weighted by molar-refractivity contribution is 0.322. The Hall–Kier alpha value is -0.910. The number of rotatable bonds is 2. The maximum absolute atomic E-state index is 8.15. The second-order valence-electron chi connectivity index (χ2n) is 2.48. The van der Waals surface area contributed by atoms with Crippen LogP contribution >= 0.6 is 22.6 Å². The molecule has 0 aliphatic carbocycles. The minimum atomic E-state index is 0.889. The van der Waals surface area contributed by atoms with Crippen molar-refractivity contribution in [1.29, 1.82) is 0 Å². The Labute approximate surface area is 90.3 Å². The van der Waals surface area contributed by atoms with Gasteiger partial charge in [-0.1, -0.05) is 5.16 Å². The summed E-state index contributed by atoms with van der Waals surface area (Å²) < 4.78 is 1.11. The zero-order chi connectivity index (χ0) is 9.68. The van der Waals surface area contributed by atoms with Crippen LogP contribution in [0, 0.1) is 10.5 Å². The van der Waals surface area contributed by atoms with E-state index in [1.54, 1.807) is 18.3 Å². The Bertz CT molecular complexity index is 347. The summed E-state index contributed by atoms with van der Waals surface area (Å²) in [4.78, 5) is 4.21. The Balaban J connectivity index is 2.89. The van der Waals surface area contributed by atoms with Crippen LogP contribution in [0.3, 0.4) is 0 Å². The first-order valence-corrected chi connectivity index (χ1v) is 4.78. The third-order valence-electron chi connectivity index (χ3n) is 1.49. The molecule has 0 bridgehead atoms. The summed E-state index contributed by atoms with van der Waals surface area (Å²) in [5.41, 5.74) is 2.00. The van der Waals surface area contributed by atoms with Crippen LogP contribution in [0.25, 0.3) is 6.08 Å². The van der Waals surface area contributed by atoms with Crippen molar-refractivity contribution in [1.82, 2.24) is 4.98 Å². The molecule has 0 aromatic carbocycles. The summed E-state index contributed by atoms with van der Waals surface area (Å²) in [5.74, 6) is 0. The Morgan fingerprint density at radius 1 is 1.62 bits per heavy atom. The molecular weight excluding hydrogens is 279 g/mol. The van der Waals surface area contributed by atoms with Gasteiger partial charge < -0.3 is 5.21 Å². The topological polar surface area (TPSA) is 45.5 Å². The average molecular weight is 288 g/mol. The lowest BCUT2D eigenvalue weighted by Gasteiger charge is -1.98. The summed E-state index contributed by atoms with van der Waals surface area (Å²) in [6, 6.07) is 2.04. The molecule has 13 heavy (non-hydrogen) atoms. The van der Waals surface area contributed by atoms with Gasteiger partial charge in [0.05, 0.1) is 11.9 Å². The van der Waals surface area contributed by atoms with Gasteiger partial charge in [0.1, 0.15) is 0 Å². The van der Waals surface area contributed by atoms with Gasteiger partial charge in [-0.25, -0.2) is 0 Å². The van der Waals surface area contributed by atoms with E-state index in [4.69, 9.17) is 5.21 Å². The summed E-state index contributed by atoms with van der Waals surface area (Å²) in [7, 11) is 0. The highest BCUT2D eigenvalue weighted by molar-refractivity contribution is 14.1. The highest BCUT2D eigenvalue weighted by atomic mass is 127. The molecule has 0 radical (unpaired) electrons. The zero-order valence-electron chi connectivity index (χ0n) is 7.11. The van der Waals surface area contributed by atoms with Gasteiger partial charge in [-0.2, -0.15) is 0 Å². The number of pyridine rings is 1. The van der Waals surface area contributed by atoms with E-state index in [0.717, 1.165) is 14.8 Å². The monoisotopic (exact) mass is 288 g/mol. The number of nitrogens with zero attached hydrogens (tertiary/aromatic N) is 2. The summed E-state index contributed by atoms with van der Waals surface area (Å²) >= 11 is 2.21. The van der Waals surface area contributed by atoms with Gasteiger partial charge in [-0.15, -0.1) is 0 Å². The van der Waals surface area contributed by atoms with E-state index in [1.807, 2.05) is 13.0 Å². The fourth-order valence-electron chi connectivity index (χ4n) is 0.898. The number of aromatic nitrogens is 1. The molecule has 1 aromatic heterocycles. The first-order chi connectivity index (χ1) is 6.24. The van der Waals surface area contributed by atoms with Gasteiger partial charge in [0.15, 0.2) is 0 Å². The predicted octanol–water partition coefficient (Wildman–Crippen LogP) is 2.47. The highest BCUT2D eigenvalue weighted by Crippen LogP contribution is 2.10. The summed E-state index contributed by atoms with van der Waals surface area (Å²) in [6.45, 7) is 1.99. The Morgan fingerprint density at radius 2 is 2.38 bits per heavy atom. The standard InChI is InChI=1S/C9H9IN2O/c1-7-5-8(10)6-11-9(7)3-2-4-12-13/h2-6,13H,1H3/b3-2-,12-4+. The third-order valence-corrected chi connectivity index (χ3v) is 2.08. The zero-order valence-corrected chi connectivity index (χ0v) is 9.26. The molecule has 0 aliphatic rings. The van der Waals surface area contributed by atoms with E-state index in [0.29, 0.717) is 0 Å². The normalized spacial score (nSPS) is 11.5. The largest absolute Gasteiger partial charge is 0.411 e. The molecule has 0 unspecified atom stereocenters. The number of hydrogen-bond donors (Lipinski definition) is 1. The molecule has 0 spiro atoms. The average Bonchev–Trinajstić information content (AvgIpc) is 2.09. The van der Waals surface area contributed by atoms with Crippen molar-refractivity contribution < 1.29 is 5.21 Å². The molecule has 1 N–H and O–H groups in total. The molecule has 1 rings (SSSR count). The third kappa shape index (κ3) is 3.14. The number of oxime groups is 1. The van der Waals surface area contributed by atoms with E-state index >= 15 is 0 Å². The van der Waals surface area contributed by atoms with Gasteiger partial charge in [-0.3, -0.25) is 4.98 Å². The first kappa shape index (κ1) is 10.2. The van der Waals surface area contributed by atoms with Crippen LogP contribution < -0.4 is 0 Å². The van der Waals surface area contributed by atoms with E-state index < -0.39 is 0 Å². The predicted molar refractivity (Wildman–Crippen MR) is 61.0 cm³/mol. The molecule has 0 atom stereocenters. The molecule has 68 valence electrons. The van der Waals surface area contributed by atoms with E-state index in [-0.39, 0.29) is 0 Å². The fourth-order valence-corrected chi connectivity index (χ4v) is 1.50. The van der Waals surface area contributed by atoms with Crippen molar-refractivity contribution in [3.05, 3.63) is 33.2 Å². The molecular formula is C9H9IN2O. The second kappa shape index (κ2) is 4.96. The van der Waals surface area contributed by atoms with Crippen LogP contribution in [0.5, 0.6) is 0 Å². The molecule has 3 nitrogen and oxygen atoms in total. The SMILES string of the molecule is Cc1cc(I)cnc1/C=C\C=N\O. The van der Waals surface area contributed by atoms with Crippen LogP contribution in [0.15, 0.2) is 23.5 Å². The van der Waals surface area contributed by atoms with Gasteiger partial charge in [-0.05, 0) is 53.3 Å². The molecule has 0 fully saturated rings. The van der Waals surface area contributed by atoms with E-state index in [2.05, 4.69) is 32.7 Å². The van der Waals surface area contributed by atoms with Gasteiger partial charge in [0.2, 0.25) is 0 Å². The number of hydrogen-bond acceptors (Lipinski definition) is 3. The fraction of sp³-hybridized carbons (Fsp3) is 0.111. The summed E-state index contributed by atoms with van der Waals surface area (Å²) in [5, 5.41) is 11.0. The van der Waals surface area contributed by atoms with Crippen molar-refractivity contribution in [2.75, 3.05) is 0 Å². The van der Waals surface area contributed by atoms with Crippen LogP contribution in [0.1, 0.15) is 11.3 Å². The maximum Gasteiger partial charge on any atom is 0.0662 e. The molecule has 0 saturated heterocycles. The lowest BCUT2D eigenvalue weighted by Crippen LogP contribution is -1.87. The highest BCUT2D eigenvalue weighted by Gasteiger charge is 1.95. The molecule has 0 aliphatic heterocycles. The Kier molecular flexibility index (Phi) is 3.88. The van der Waals surface area contributed by atoms with Gasteiger partial charge >= 0.3 is 0 Å². The minimum Gasteiger partial charge on any atom is -0.411 e. The van der Waals surface area contributed by atoms with E-state index in [9.17, 15) is 0 Å². The maximum atomic E-state index is 8.15. The van der Waals surface area contributed by atoms with Crippen molar-refractivity contribution in [2.45, 2.75) is 6.92 Å². The smallest absolute Gasteiger partial charge is 0.0662 e. The van der Waals surface area contributed by atoms with Crippen molar-refractivity contribution in [3.63, 3.8) is 0 Å². The molecule has 1 aromatic rings. The molecule has 1 heterocycles. The number of allylic oxidation sites excluding steroid dienone is 1. The van der Waals surface area contributed by atoms with Gasteiger partial charge in [0.25, 0.3) is 0 Å². The quantitative estimate of drug-likeness (QED) is 0.393. The van der Waals surface area contributed by atoms with Crippen LogP contribution in [0.4, 0.5) is 0 Å². The second-order valence-corrected chi connectivity index (χ2v) is 3.72. The lowest BCUT2D eigenvalue weighted by atomic mass is 10.2. The minimum absolute atomic E-state index is 0.889. The van der Waals surface area contributed by atoms with Crippen molar-refractivity contribution >= 4 is 34.9 Å². The summed E-state index contributed by atoms with van der Waals surface area (Å²) in [6.07, 6.45) is 6.54. The number of aryl methyl sites for hydroxylation is 1. The van der Waals surface area contributed by atoms with Crippen molar-refractivity contribution in [2.24, 2.45) is 5.16 Å². The van der Waals surface area contributed by atoms with E-state index in [1.165, 1.54) is 6.21 Å². The van der Waals surface area contributed by atoms with Crippen LogP contribution in [-0.4, -0.2) is 16.4 Å². The molecule has 4 heteroatoms. The van der Waals surface area contributed by atoms with Gasteiger partial charge in [0, 0.05) is 9.77 Å². The molecule has 0 amide bonds.